The molecule has 0 aromatic carbocycles. The highest BCUT2D eigenvalue weighted by molar-refractivity contribution is 5.78. The third kappa shape index (κ3) is 2.92. The van der Waals surface area contributed by atoms with E-state index in [0.717, 1.165) is 25.7 Å². The van der Waals surface area contributed by atoms with Gasteiger partial charge in [-0.2, -0.15) is 0 Å². The number of fused-ring (bicyclic) bond motifs is 1. The van der Waals surface area contributed by atoms with Crippen molar-refractivity contribution < 1.29 is 19.1 Å². The Morgan fingerprint density at radius 1 is 1.00 bits per heavy atom. The van der Waals surface area contributed by atoms with Gasteiger partial charge in [-0.3, -0.25) is 9.59 Å². The van der Waals surface area contributed by atoms with E-state index in [4.69, 9.17) is 9.47 Å². The van der Waals surface area contributed by atoms with Gasteiger partial charge in [-0.05, 0) is 65.2 Å². The molecule has 0 radical (unpaired) electrons. The second-order valence-electron chi connectivity index (χ2n) is 7.86. The number of hydrogen-bond acceptors (Lipinski definition) is 4. The first-order valence-electron chi connectivity index (χ1n) is 8.39. The maximum atomic E-state index is 12.2. The second kappa shape index (κ2) is 5.39. The Morgan fingerprint density at radius 2 is 1.55 bits per heavy atom. The van der Waals surface area contributed by atoms with Gasteiger partial charge in [0.05, 0.1) is 18.4 Å². The molecule has 122 valence electrons. The van der Waals surface area contributed by atoms with Gasteiger partial charge in [-0.15, -0.1) is 0 Å². The minimum atomic E-state index is -0.419. The minimum absolute atomic E-state index is 0.0113. The van der Waals surface area contributed by atoms with Gasteiger partial charge >= 0.3 is 11.9 Å². The van der Waals surface area contributed by atoms with Crippen LogP contribution >= 0.6 is 0 Å². The molecule has 3 aliphatic carbocycles. The van der Waals surface area contributed by atoms with Crippen LogP contribution in [-0.4, -0.2) is 24.1 Å². The summed E-state index contributed by atoms with van der Waals surface area (Å²) in [4.78, 5) is 24.1. The predicted octanol–water partition coefficient (Wildman–Crippen LogP) is 3.25. The molecular weight excluding hydrogens is 280 g/mol. The lowest BCUT2D eigenvalue weighted by molar-refractivity contribution is -0.159. The molecule has 3 rings (SSSR count). The van der Waals surface area contributed by atoms with Crippen LogP contribution in [0.2, 0.25) is 0 Å². The van der Waals surface area contributed by atoms with E-state index in [2.05, 4.69) is 0 Å². The Hall–Kier alpha value is -1.32. The van der Waals surface area contributed by atoms with Gasteiger partial charge in [0.25, 0.3) is 0 Å². The summed E-state index contributed by atoms with van der Waals surface area (Å²) < 4.78 is 10.7. The van der Waals surface area contributed by atoms with Crippen molar-refractivity contribution in [2.45, 2.75) is 59.0 Å². The van der Waals surface area contributed by atoms with Crippen molar-refractivity contribution in [1.29, 1.82) is 0 Å². The Balaban J connectivity index is 1.56. The Kier molecular flexibility index (Phi) is 3.82. The summed E-state index contributed by atoms with van der Waals surface area (Å²) in [6, 6.07) is 0. The summed E-state index contributed by atoms with van der Waals surface area (Å²) in [5.74, 6) is 0.901. The third-order valence-corrected chi connectivity index (χ3v) is 5.08. The van der Waals surface area contributed by atoms with Crippen LogP contribution in [0.3, 0.4) is 0 Å². The number of ether oxygens (including phenoxy) is 2. The molecule has 0 saturated heterocycles. The number of hydrogen-bond donors (Lipinski definition) is 0. The van der Waals surface area contributed by atoms with Crippen LogP contribution in [0.4, 0.5) is 0 Å². The Morgan fingerprint density at radius 3 is 2.00 bits per heavy atom. The van der Waals surface area contributed by atoms with Crippen LogP contribution in [0, 0.1) is 23.7 Å². The average molecular weight is 306 g/mol. The van der Waals surface area contributed by atoms with Crippen LogP contribution in [0.5, 0.6) is 0 Å². The van der Waals surface area contributed by atoms with Gasteiger partial charge in [-0.1, -0.05) is 11.1 Å². The lowest BCUT2D eigenvalue weighted by Gasteiger charge is -2.22. The maximum absolute atomic E-state index is 12.2. The summed E-state index contributed by atoms with van der Waals surface area (Å²) in [5.41, 5.74) is 2.39. The molecule has 0 heterocycles. The fraction of sp³-hybridized carbons (Fsp3) is 0.778. The summed E-state index contributed by atoms with van der Waals surface area (Å²) in [6.45, 7) is 8.04. The van der Waals surface area contributed by atoms with E-state index >= 15 is 0 Å². The van der Waals surface area contributed by atoms with E-state index in [9.17, 15) is 9.59 Å². The first-order chi connectivity index (χ1) is 10.3. The molecule has 3 aliphatic rings. The lowest BCUT2D eigenvalue weighted by atomic mass is 9.94. The second-order valence-corrected chi connectivity index (χ2v) is 7.86. The highest BCUT2D eigenvalue weighted by Gasteiger charge is 2.58. The van der Waals surface area contributed by atoms with Gasteiger partial charge in [0.1, 0.15) is 5.60 Å². The lowest BCUT2D eigenvalue weighted by Crippen LogP contribution is -2.28. The van der Waals surface area contributed by atoms with Crippen molar-refractivity contribution in [3.63, 3.8) is 0 Å². The summed E-state index contributed by atoms with van der Waals surface area (Å²) >= 11 is 0. The maximum Gasteiger partial charge on any atom is 0.310 e. The van der Waals surface area contributed by atoms with E-state index in [-0.39, 0.29) is 23.8 Å². The molecule has 4 heteroatoms. The number of carbonyl (C=O) groups is 2. The number of carbonyl (C=O) groups excluding carboxylic acids is 2. The zero-order valence-electron chi connectivity index (χ0n) is 14.0. The number of allylic oxidation sites excluding steroid dienone is 2. The first-order valence-corrected chi connectivity index (χ1v) is 8.39. The van der Waals surface area contributed by atoms with Crippen molar-refractivity contribution in [2.75, 3.05) is 6.61 Å². The highest BCUT2D eigenvalue weighted by atomic mass is 16.6. The van der Waals surface area contributed by atoms with Crippen LogP contribution in [-0.2, 0) is 19.1 Å². The van der Waals surface area contributed by atoms with Gasteiger partial charge in [0.15, 0.2) is 0 Å². The topological polar surface area (TPSA) is 52.6 Å². The van der Waals surface area contributed by atoms with E-state index in [1.165, 1.54) is 11.1 Å². The number of rotatable bonds is 3. The molecule has 2 atom stereocenters. The predicted molar refractivity (Wildman–Crippen MR) is 81.9 cm³/mol. The molecule has 4 nitrogen and oxygen atoms in total. The molecule has 0 spiro atoms. The van der Waals surface area contributed by atoms with Gasteiger partial charge in [-0.25, -0.2) is 0 Å². The molecule has 1 fully saturated rings. The summed E-state index contributed by atoms with van der Waals surface area (Å²) in [5, 5.41) is 0. The molecule has 0 amide bonds. The molecule has 0 bridgehead atoms. The van der Waals surface area contributed by atoms with Gasteiger partial charge < -0.3 is 9.47 Å². The third-order valence-electron chi connectivity index (χ3n) is 5.08. The first kappa shape index (κ1) is 15.6. The van der Waals surface area contributed by atoms with E-state index in [0.29, 0.717) is 18.4 Å². The normalized spacial score (nSPS) is 33.1. The van der Waals surface area contributed by atoms with Crippen molar-refractivity contribution in [3.05, 3.63) is 11.1 Å². The standard InChI is InChI=1S/C18H26O4/c1-5-21-17(20)15-13-8-10-6-12(7-11(10)9-14(13)15)16(19)22-18(2,3)4/h12-15H,5-9H2,1-4H3. The molecule has 0 aromatic rings. The van der Waals surface area contributed by atoms with Crippen LogP contribution in [0.15, 0.2) is 11.1 Å². The van der Waals surface area contributed by atoms with Gasteiger partial charge in [0.2, 0.25) is 0 Å². The molecule has 0 N–H and O–H groups in total. The van der Waals surface area contributed by atoms with Crippen molar-refractivity contribution >= 4 is 11.9 Å². The molecule has 0 aliphatic heterocycles. The van der Waals surface area contributed by atoms with Crippen LogP contribution in [0.1, 0.15) is 53.4 Å². The van der Waals surface area contributed by atoms with Gasteiger partial charge in [0, 0.05) is 0 Å². The fourth-order valence-electron chi connectivity index (χ4n) is 4.12. The smallest absolute Gasteiger partial charge is 0.310 e. The summed E-state index contributed by atoms with van der Waals surface area (Å²) in [7, 11) is 0. The van der Waals surface area contributed by atoms with Crippen LogP contribution in [0.25, 0.3) is 0 Å². The molecule has 1 saturated carbocycles. The van der Waals surface area contributed by atoms with E-state index < -0.39 is 5.60 Å². The molecule has 2 unspecified atom stereocenters. The van der Waals surface area contributed by atoms with Crippen molar-refractivity contribution in [2.24, 2.45) is 23.7 Å². The largest absolute Gasteiger partial charge is 0.466 e. The minimum Gasteiger partial charge on any atom is -0.466 e. The fourth-order valence-corrected chi connectivity index (χ4v) is 4.12. The molecule has 22 heavy (non-hydrogen) atoms. The SMILES string of the molecule is CCOC(=O)C1C2CC3=C(CC(C(=O)OC(C)(C)C)C3)CC21. The zero-order valence-corrected chi connectivity index (χ0v) is 14.0. The average Bonchev–Trinajstić information content (AvgIpc) is 2.92. The quantitative estimate of drug-likeness (QED) is 0.593. The molecular formula is C18H26O4. The molecule has 0 aromatic heterocycles. The summed E-state index contributed by atoms with van der Waals surface area (Å²) in [6.07, 6.45) is 3.59. The van der Waals surface area contributed by atoms with Crippen LogP contribution < -0.4 is 0 Å². The highest BCUT2D eigenvalue weighted by Crippen LogP contribution is 2.60. The Bertz CT molecular complexity index is 502. The number of esters is 2. The van der Waals surface area contributed by atoms with Crippen molar-refractivity contribution in [1.82, 2.24) is 0 Å². The Labute approximate surface area is 132 Å². The monoisotopic (exact) mass is 306 g/mol. The zero-order chi connectivity index (χ0) is 16.1. The van der Waals surface area contributed by atoms with E-state index in [1.807, 2.05) is 27.7 Å². The van der Waals surface area contributed by atoms with Crippen molar-refractivity contribution in [3.8, 4) is 0 Å². The van der Waals surface area contributed by atoms with E-state index in [1.54, 1.807) is 0 Å².